The van der Waals surface area contributed by atoms with Crippen molar-refractivity contribution in [1.29, 1.82) is 0 Å². The van der Waals surface area contributed by atoms with Gasteiger partial charge in [-0.1, -0.05) is 40.9 Å². The summed E-state index contributed by atoms with van der Waals surface area (Å²) in [7, 11) is 0. The Morgan fingerprint density at radius 2 is 2.00 bits per heavy atom. The van der Waals surface area contributed by atoms with E-state index < -0.39 is 0 Å². The Hall–Kier alpha value is -1.00. The molecule has 0 bridgehead atoms. The lowest BCUT2D eigenvalue weighted by Gasteiger charge is -2.25. The van der Waals surface area contributed by atoms with Gasteiger partial charge in [-0.15, -0.1) is 0 Å². The molecule has 0 radical (unpaired) electrons. The number of ether oxygens (including phenoxy) is 1. The first-order valence-corrected chi connectivity index (χ1v) is 8.21. The van der Waals surface area contributed by atoms with Crippen molar-refractivity contribution in [1.82, 2.24) is 10.3 Å². The Morgan fingerprint density at radius 1 is 1.18 bits per heavy atom. The first-order valence-electron chi connectivity index (χ1n) is 7.07. The fraction of sp³-hybridized carbons (Fsp3) is 0.312. The normalized spacial score (nSPS) is 19.1. The Labute approximate surface area is 144 Å². The largest absolute Gasteiger partial charge is 0.482 e. The van der Waals surface area contributed by atoms with Crippen molar-refractivity contribution < 1.29 is 4.74 Å². The molecule has 22 heavy (non-hydrogen) atoms. The van der Waals surface area contributed by atoms with Gasteiger partial charge in [-0.25, -0.2) is 0 Å². The van der Waals surface area contributed by atoms with E-state index in [1.54, 1.807) is 18.3 Å². The summed E-state index contributed by atoms with van der Waals surface area (Å²) in [5.41, 5.74) is 1.00. The molecule has 6 heteroatoms. The average Bonchev–Trinajstić information content (AvgIpc) is 3.06. The SMILES string of the molecule is Clc1ccc(Cl)c(OC(c2cccnc2)[C@@H]2CCNC2)c1Cl. The number of benzene rings is 1. The molecule has 116 valence electrons. The topological polar surface area (TPSA) is 34.1 Å². The molecular weight excluding hydrogens is 343 g/mol. The van der Waals surface area contributed by atoms with Gasteiger partial charge in [-0.2, -0.15) is 0 Å². The first kappa shape index (κ1) is 15.9. The molecule has 3 rings (SSSR count). The van der Waals surface area contributed by atoms with Gasteiger partial charge in [0.1, 0.15) is 11.1 Å². The smallest absolute Gasteiger partial charge is 0.158 e. The Bertz CT molecular complexity index is 645. The second-order valence-electron chi connectivity index (χ2n) is 5.25. The van der Waals surface area contributed by atoms with E-state index >= 15 is 0 Å². The summed E-state index contributed by atoms with van der Waals surface area (Å²) in [6.07, 6.45) is 4.41. The summed E-state index contributed by atoms with van der Waals surface area (Å²) in [6, 6.07) is 7.26. The van der Waals surface area contributed by atoms with Crippen molar-refractivity contribution in [3.63, 3.8) is 0 Å². The van der Waals surface area contributed by atoms with Crippen molar-refractivity contribution in [2.45, 2.75) is 12.5 Å². The van der Waals surface area contributed by atoms with Crippen LogP contribution >= 0.6 is 34.8 Å². The van der Waals surface area contributed by atoms with Crippen molar-refractivity contribution in [3.05, 3.63) is 57.3 Å². The highest BCUT2D eigenvalue weighted by Gasteiger charge is 2.29. The number of hydrogen-bond acceptors (Lipinski definition) is 3. The number of hydrogen-bond donors (Lipinski definition) is 1. The van der Waals surface area contributed by atoms with E-state index in [2.05, 4.69) is 10.3 Å². The predicted molar refractivity (Wildman–Crippen MR) is 90.1 cm³/mol. The molecule has 0 aliphatic carbocycles. The third kappa shape index (κ3) is 3.33. The zero-order valence-electron chi connectivity index (χ0n) is 11.7. The molecule has 1 unspecified atom stereocenters. The molecule has 1 aliphatic rings. The van der Waals surface area contributed by atoms with Crippen molar-refractivity contribution in [3.8, 4) is 5.75 Å². The fourth-order valence-corrected chi connectivity index (χ4v) is 3.27. The molecule has 2 heterocycles. The summed E-state index contributed by atoms with van der Waals surface area (Å²) in [5.74, 6) is 0.756. The highest BCUT2D eigenvalue weighted by Crippen LogP contribution is 2.42. The summed E-state index contributed by atoms with van der Waals surface area (Å²) >= 11 is 18.6. The highest BCUT2D eigenvalue weighted by atomic mass is 35.5. The minimum Gasteiger partial charge on any atom is -0.482 e. The number of nitrogens with zero attached hydrogens (tertiary/aromatic N) is 1. The lowest BCUT2D eigenvalue weighted by molar-refractivity contribution is 0.144. The van der Waals surface area contributed by atoms with Crippen LogP contribution in [0.25, 0.3) is 0 Å². The molecule has 2 atom stereocenters. The number of aromatic nitrogens is 1. The van der Waals surface area contributed by atoms with Gasteiger partial charge < -0.3 is 10.1 Å². The average molecular weight is 358 g/mol. The summed E-state index contributed by atoms with van der Waals surface area (Å²) in [6.45, 7) is 1.86. The summed E-state index contributed by atoms with van der Waals surface area (Å²) in [5, 5.41) is 4.58. The van der Waals surface area contributed by atoms with Gasteiger partial charge in [0, 0.05) is 30.4 Å². The summed E-state index contributed by atoms with van der Waals surface area (Å²) < 4.78 is 6.20. The molecule has 1 fully saturated rings. The molecule has 1 aromatic carbocycles. The molecule has 0 spiro atoms. The molecule has 0 saturated carbocycles. The summed E-state index contributed by atoms with van der Waals surface area (Å²) in [4.78, 5) is 4.19. The van der Waals surface area contributed by atoms with Crippen LogP contribution in [0.15, 0.2) is 36.7 Å². The standard InChI is InChI=1S/C16H15Cl3N2O/c17-12-3-4-13(18)16(14(12)19)22-15(11-5-7-21-9-11)10-2-1-6-20-8-10/h1-4,6,8,11,15,21H,5,7,9H2/t11-,15?/m1/s1. The molecule has 1 N–H and O–H groups in total. The van der Waals surface area contributed by atoms with Crippen LogP contribution in [0.5, 0.6) is 5.75 Å². The van der Waals surface area contributed by atoms with E-state index in [9.17, 15) is 0 Å². The maximum atomic E-state index is 6.26. The Morgan fingerprint density at radius 3 is 2.68 bits per heavy atom. The van der Waals surface area contributed by atoms with Gasteiger partial charge in [0.2, 0.25) is 0 Å². The molecule has 3 nitrogen and oxygen atoms in total. The van der Waals surface area contributed by atoms with Crippen LogP contribution in [-0.4, -0.2) is 18.1 Å². The van der Waals surface area contributed by atoms with Crippen molar-refractivity contribution in [2.24, 2.45) is 5.92 Å². The number of pyridine rings is 1. The fourth-order valence-electron chi connectivity index (χ4n) is 2.66. The minimum absolute atomic E-state index is 0.169. The van der Waals surface area contributed by atoms with Crippen molar-refractivity contribution >= 4 is 34.8 Å². The third-order valence-electron chi connectivity index (χ3n) is 3.79. The zero-order chi connectivity index (χ0) is 15.5. The number of halogens is 3. The van der Waals surface area contributed by atoms with Crippen molar-refractivity contribution in [2.75, 3.05) is 13.1 Å². The first-order chi connectivity index (χ1) is 10.7. The highest BCUT2D eigenvalue weighted by molar-refractivity contribution is 6.44. The van der Waals surface area contributed by atoms with Gasteiger partial charge in [0.15, 0.2) is 5.75 Å². The van der Waals surface area contributed by atoms with Gasteiger partial charge >= 0.3 is 0 Å². The van der Waals surface area contributed by atoms with Crippen LogP contribution in [0.3, 0.4) is 0 Å². The predicted octanol–water partition coefficient (Wildman–Crippen LogP) is 4.77. The van der Waals surface area contributed by atoms with Crippen LogP contribution in [0.4, 0.5) is 0 Å². The second kappa shape index (κ2) is 7.05. The van der Waals surface area contributed by atoms with Gasteiger partial charge in [0.25, 0.3) is 0 Å². The number of rotatable bonds is 4. The monoisotopic (exact) mass is 356 g/mol. The van der Waals surface area contributed by atoms with E-state index in [1.165, 1.54) is 0 Å². The van der Waals surface area contributed by atoms with Crippen LogP contribution in [-0.2, 0) is 0 Å². The maximum Gasteiger partial charge on any atom is 0.158 e. The molecule has 2 aromatic rings. The number of nitrogens with one attached hydrogen (secondary N) is 1. The van der Waals surface area contributed by atoms with Crippen LogP contribution in [0, 0.1) is 5.92 Å². The van der Waals surface area contributed by atoms with Crippen LogP contribution in [0.2, 0.25) is 15.1 Å². The van der Waals surface area contributed by atoms with E-state index in [4.69, 9.17) is 39.5 Å². The van der Waals surface area contributed by atoms with E-state index in [0.717, 1.165) is 25.1 Å². The van der Waals surface area contributed by atoms with E-state index in [0.29, 0.717) is 26.7 Å². The van der Waals surface area contributed by atoms with E-state index in [1.807, 2.05) is 18.3 Å². The maximum absolute atomic E-state index is 6.26. The second-order valence-corrected chi connectivity index (χ2v) is 6.44. The minimum atomic E-state index is -0.169. The van der Waals surface area contributed by atoms with E-state index in [-0.39, 0.29) is 6.10 Å². The Kier molecular flexibility index (Phi) is 5.09. The third-order valence-corrected chi connectivity index (χ3v) is 4.87. The quantitative estimate of drug-likeness (QED) is 0.800. The molecule has 1 aliphatic heterocycles. The van der Waals surface area contributed by atoms with Gasteiger partial charge in [0.05, 0.1) is 10.0 Å². The lowest BCUT2D eigenvalue weighted by Crippen LogP contribution is -2.21. The zero-order valence-corrected chi connectivity index (χ0v) is 14.0. The molecule has 1 saturated heterocycles. The van der Waals surface area contributed by atoms with Crippen LogP contribution in [0.1, 0.15) is 18.1 Å². The molecule has 1 aromatic heterocycles. The lowest BCUT2D eigenvalue weighted by atomic mass is 9.96. The molecule has 0 amide bonds. The Balaban J connectivity index is 1.95. The van der Waals surface area contributed by atoms with Crippen LogP contribution < -0.4 is 10.1 Å². The molecular formula is C16H15Cl3N2O. The van der Waals surface area contributed by atoms with Gasteiger partial charge in [-0.3, -0.25) is 4.98 Å². The van der Waals surface area contributed by atoms with Gasteiger partial charge in [-0.05, 0) is 31.2 Å².